The Balaban J connectivity index is -0.000000340. The summed E-state index contributed by atoms with van der Waals surface area (Å²) in [5.41, 5.74) is 10.1. The Morgan fingerprint density at radius 2 is 1.57 bits per heavy atom. The second-order valence-corrected chi connectivity index (χ2v) is 6.67. The maximum atomic E-state index is 10.4. The van der Waals surface area contributed by atoms with E-state index in [1.807, 2.05) is 13.2 Å². The molecule has 0 radical (unpaired) electrons. The summed E-state index contributed by atoms with van der Waals surface area (Å²) in [4.78, 5) is 30.3. The highest BCUT2D eigenvalue weighted by atomic mass is 32.2. The molecule has 0 aliphatic carbocycles. The molecule has 4 unspecified atom stereocenters. The summed E-state index contributed by atoms with van der Waals surface area (Å²) in [5, 5.41) is 44.7. The fourth-order valence-electron chi connectivity index (χ4n) is 1.34. The first-order chi connectivity index (χ1) is 13.0. The second kappa shape index (κ2) is 20.3. The minimum absolute atomic E-state index is 0.0896. The zero-order chi connectivity index (χ0) is 22.7. The van der Waals surface area contributed by atoms with Gasteiger partial charge in [0.1, 0.15) is 18.1 Å². The van der Waals surface area contributed by atoms with Crippen LogP contribution >= 0.6 is 11.8 Å². The van der Waals surface area contributed by atoms with Crippen LogP contribution in [0.3, 0.4) is 0 Å². The molecular formula is C16H35N3O8S. The lowest BCUT2D eigenvalue weighted by Gasteiger charge is -2.11. The second-order valence-electron chi connectivity index (χ2n) is 5.69. The van der Waals surface area contributed by atoms with Crippen LogP contribution in [-0.4, -0.2) is 92.8 Å². The number of carbonyl (C=O) groups is 3. The quantitative estimate of drug-likeness (QED) is 0.182. The lowest BCUT2D eigenvalue weighted by Crippen LogP contribution is -2.39. The summed E-state index contributed by atoms with van der Waals surface area (Å²) in [6.07, 6.45) is 2.67. The van der Waals surface area contributed by atoms with E-state index in [1.54, 1.807) is 11.8 Å². The van der Waals surface area contributed by atoms with Gasteiger partial charge in [-0.3, -0.25) is 14.4 Å². The lowest BCUT2D eigenvalue weighted by molar-refractivity contribution is -0.141. The number of nitrogens with one attached hydrogen (secondary N) is 1. The monoisotopic (exact) mass is 429 g/mol. The summed E-state index contributed by atoms with van der Waals surface area (Å²) in [5.74, 6) is -2.18. The molecule has 10 N–H and O–H groups in total. The summed E-state index contributed by atoms with van der Waals surface area (Å²) in [6, 6.07) is -2.44. The molecule has 0 heterocycles. The SMILES string of the molecule is CC(O)C(N)C(=O)O.CCCNC(CCO)C(=O)O.CSCCC(N)C(=O)O. The molecule has 4 atom stereocenters. The number of hydrogen-bond acceptors (Lipinski definition) is 9. The van der Waals surface area contributed by atoms with Gasteiger partial charge in [0.05, 0.1) is 6.10 Å². The van der Waals surface area contributed by atoms with E-state index in [2.05, 4.69) is 5.32 Å². The minimum atomic E-state index is -1.18. The van der Waals surface area contributed by atoms with E-state index in [1.165, 1.54) is 6.92 Å². The zero-order valence-corrected chi connectivity index (χ0v) is 17.4. The maximum Gasteiger partial charge on any atom is 0.323 e. The molecule has 0 aromatic rings. The number of carboxylic acids is 3. The predicted molar refractivity (Wildman–Crippen MR) is 107 cm³/mol. The molecule has 0 aromatic heterocycles. The first kappa shape index (κ1) is 31.3. The molecule has 168 valence electrons. The van der Waals surface area contributed by atoms with Crippen LogP contribution in [0.25, 0.3) is 0 Å². The first-order valence-corrected chi connectivity index (χ1v) is 10.1. The average Bonchev–Trinajstić information content (AvgIpc) is 2.62. The standard InChI is InChI=1S/C7H15NO3.C5H11NO2S.C4H9NO3/c1-2-4-8-6(3-5-9)7(10)11;1-9-3-2-4(6)5(7)8;1-2(6)3(5)4(7)8/h6,8-9H,2-5H2,1H3,(H,10,11);4H,2-3,6H2,1H3,(H,7,8);2-3,6H,5H2,1H3,(H,7,8). The number of carboxylic acid groups (broad SMARTS) is 3. The highest BCUT2D eigenvalue weighted by Gasteiger charge is 2.16. The van der Waals surface area contributed by atoms with Crippen molar-refractivity contribution in [3.8, 4) is 0 Å². The summed E-state index contributed by atoms with van der Waals surface area (Å²) >= 11 is 1.60. The van der Waals surface area contributed by atoms with Gasteiger partial charge in [-0.15, -0.1) is 0 Å². The number of rotatable bonds is 12. The van der Waals surface area contributed by atoms with E-state index >= 15 is 0 Å². The molecule has 0 aliphatic heterocycles. The van der Waals surface area contributed by atoms with Crippen molar-refractivity contribution in [3.63, 3.8) is 0 Å². The van der Waals surface area contributed by atoms with Gasteiger partial charge in [-0.05, 0) is 44.7 Å². The predicted octanol–water partition coefficient (Wildman–Crippen LogP) is -1.25. The van der Waals surface area contributed by atoms with Gasteiger partial charge in [0.2, 0.25) is 0 Å². The third-order valence-corrected chi connectivity index (χ3v) is 3.76. The highest BCUT2D eigenvalue weighted by Crippen LogP contribution is 1.97. The van der Waals surface area contributed by atoms with Gasteiger partial charge in [0.15, 0.2) is 0 Å². The molecule has 0 bridgehead atoms. The Morgan fingerprint density at radius 3 is 1.82 bits per heavy atom. The van der Waals surface area contributed by atoms with Crippen molar-refractivity contribution in [2.24, 2.45) is 11.5 Å². The van der Waals surface area contributed by atoms with Crippen molar-refractivity contribution < 1.29 is 39.9 Å². The number of thioether (sulfide) groups is 1. The van der Waals surface area contributed by atoms with Gasteiger partial charge < -0.3 is 42.3 Å². The first-order valence-electron chi connectivity index (χ1n) is 8.66. The lowest BCUT2D eigenvalue weighted by atomic mass is 10.2. The van der Waals surface area contributed by atoms with Crippen LogP contribution in [0.15, 0.2) is 0 Å². The average molecular weight is 430 g/mol. The van der Waals surface area contributed by atoms with Crippen molar-refractivity contribution in [2.75, 3.05) is 25.2 Å². The fourth-order valence-corrected chi connectivity index (χ4v) is 1.82. The molecular weight excluding hydrogens is 394 g/mol. The van der Waals surface area contributed by atoms with Crippen LogP contribution < -0.4 is 16.8 Å². The molecule has 12 heteroatoms. The molecule has 11 nitrogen and oxygen atoms in total. The molecule has 28 heavy (non-hydrogen) atoms. The Hall–Kier alpha value is -1.44. The molecule has 0 aliphatic rings. The van der Waals surface area contributed by atoms with Gasteiger partial charge in [-0.1, -0.05) is 6.92 Å². The molecule has 0 rings (SSSR count). The van der Waals surface area contributed by atoms with E-state index in [9.17, 15) is 14.4 Å². The van der Waals surface area contributed by atoms with E-state index in [0.717, 1.165) is 12.2 Å². The van der Waals surface area contributed by atoms with Crippen LogP contribution in [0, 0.1) is 0 Å². The zero-order valence-electron chi connectivity index (χ0n) is 16.6. The number of aliphatic carboxylic acids is 3. The van der Waals surface area contributed by atoms with Gasteiger partial charge >= 0.3 is 17.9 Å². The number of aliphatic hydroxyl groups excluding tert-OH is 2. The summed E-state index contributed by atoms with van der Waals surface area (Å²) in [7, 11) is 0. The van der Waals surface area contributed by atoms with E-state index in [0.29, 0.717) is 13.0 Å². The van der Waals surface area contributed by atoms with Gasteiger partial charge in [-0.25, -0.2) is 0 Å². The number of nitrogens with two attached hydrogens (primary N) is 2. The fraction of sp³-hybridized carbons (Fsp3) is 0.812. The maximum absolute atomic E-state index is 10.4. The Bertz CT molecular complexity index is 427. The van der Waals surface area contributed by atoms with Crippen LogP contribution in [0.5, 0.6) is 0 Å². The Kier molecular flexibility index (Phi) is 22.7. The summed E-state index contributed by atoms with van der Waals surface area (Å²) in [6.45, 7) is 3.88. The third kappa shape index (κ3) is 20.9. The number of hydrogen-bond donors (Lipinski definition) is 8. The van der Waals surface area contributed by atoms with Crippen molar-refractivity contribution in [1.82, 2.24) is 5.32 Å². The smallest absolute Gasteiger partial charge is 0.323 e. The minimum Gasteiger partial charge on any atom is -0.480 e. The van der Waals surface area contributed by atoms with Crippen molar-refractivity contribution >= 4 is 29.7 Å². The molecule has 0 aromatic carbocycles. The molecule has 0 saturated heterocycles. The van der Waals surface area contributed by atoms with Crippen LogP contribution in [0.2, 0.25) is 0 Å². The largest absolute Gasteiger partial charge is 0.480 e. The van der Waals surface area contributed by atoms with Gasteiger partial charge in [0, 0.05) is 6.61 Å². The number of aliphatic hydroxyl groups is 2. The van der Waals surface area contributed by atoms with Gasteiger partial charge in [-0.2, -0.15) is 11.8 Å². The Labute approximate surface area is 169 Å². The van der Waals surface area contributed by atoms with E-state index < -0.39 is 42.1 Å². The summed E-state index contributed by atoms with van der Waals surface area (Å²) < 4.78 is 0. The molecule has 0 fully saturated rings. The molecule has 0 spiro atoms. The van der Waals surface area contributed by atoms with Crippen LogP contribution in [-0.2, 0) is 14.4 Å². The Morgan fingerprint density at radius 1 is 1.04 bits per heavy atom. The van der Waals surface area contributed by atoms with E-state index in [-0.39, 0.29) is 13.0 Å². The van der Waals surface area contributed by atoms with Crippen LogP contribution in [0.1, 0.15) is 33.1 Å². The molecule has 0 amide bonds. The highest BCUT2D eigenvalue weighted by molar-refractivity contribution is 7.98. The third-order valence-electron chi connectivity index (χ3n) is 3.11. The van der Waals surface area contributed by atoms with Crippen molar-refractivity contribution in [3.05, 3.63) is 0 Å². The normalized spacial score (nSPS) is 14.2. The van der Waals surface area contributed by atoms with E-state index in [4.69, 9.17) is 37.0 Å². The van der Waals surface area contributed by atoms with Crippen molar-refractivity contribution in [2.45, 2.75) is 57.3 Å². The topological polar surface area (TPSA) is 216 Å². The molecule has 0 saturated carbocycles. The van der Waals surface area contributed by atoms with Crippen molar-refractivity contribution in [1.29, 1.82) is 0 Å². The van der Waals surface area contributed by atoms with Gasteiger partial charge in [0.25, 0.3) is 0 Å². The van der Waals surface area contributed by atoms with Crippen LogP contribution in [0.4, 0.5) is 0 Å².